The van der Waals surface area contributed by atoms with Crippen LogP contribution in [0.2, 0.25) is 0 Å². The largest absolute Gasteiger partial charge is 0.465 e. The molecule has 0 bridgehead atoms. The molecule has 4 heterocycles. The molecular formula is C24H23N7O2. The number of aromatic nitrogens is 5. The molecule has 3 N–H and O–H groups in total. The Kier molecular flexibility index (Phi) is 5.67. The number of carboxylic acid groups (broad SMARTS) is 1. The summed E-state index contributed by atoms with van der Waals surface area (Å²) in [4.78, 5) is 25.8. The van der Waals surface area contributed by atoms with E-state index in [1.807, 2.05) is 30.3 Å². The highest BCUT2D eigenvalue weighted by molar-refractivity contribution is 5.78. The number of H-pyrrole nitrogens is 1. The van der Waals surface area contributed by atoms with Crippen LogP contribution in [-0.2, 0) is 0 Å². The standard InChI is InChI=1S/C24H23N7O2/c32-24(33)31-12-8-17(9-13-31)16-3-5-19(6-4-16)28-23-26-11-7-21(29-23)20-15-27-30-22(20)18-2-1-10-25-14-18/h1-7,10-11,14-15,17H,8-9,12-13H2,(H,27,30)(H,32,33)(H,26,28,29). The van der Waals surface area contributed by atoms with E-state index in [9.17, 15) is 4.79 Å². The molecular weight excluding hydrogens is 418 g/mol. The maximum atomic E-state index is 11.1. The molecule has 0 unspecified atom stereocenters. The fraction of sp³-hybridized carbons (Fsp3) is 0.208. The number of pyridine rings is 1. The van der Waals surface area contributed by atoms with Crippen LogP contribution in [0.3, 0.4) is 0 Å². The Labute approximate surface area is 190 Å². The van der Waals surface area contributed by atoms with Gasteiger partial charge in [-0.05, 0) is 54.7 Å². The Morgan fingerprint density at radius 2 is 1.88 bits per heavy atom. The Balaban J connectivity index is 1.29. The van der Waals surface area contributed by atoms with Crippen LogP contribution in [0.25, 0.3) is 22.5 Å². The molecule has 5 rings (SSSR count). The first-order valence-corrected chi connectivity index (χ1v) is 10.8. The molecule has 0 aliphatic carbocycles. The van der Waals surface area contributed by atoms with Gasteiger partial charge in [-0.3, -0.25) is 10.1 Å². The molecule has 9 nitrogen and oxygen atoms in total. The minimum atomic E-state index is -0.835. The second kappa shape index (κ2) is 9.07. The number of benzene rings is 1. The number of amides is 1. The molecule has 9 heteroatoms. The lowest BCUT2D eigenvalue weighted by atomic mass is 9.89. The maximum Gasteiger partial charge on any atom is 0.407 e. The molecule has 0 radical (unpaired) electrons. The van der Waals surface area contributed by atoms with Gasteiger partial charge >= 0.3 is 6.09 Å². The summed E-state index contributed by atoms with van der Waals surface area (Å²) >= 11 is 0. The van der Waals surface area contributed by atoms with Crippen molar-refractivity contribution < 1.29 is 9.90 Å². The number of carbonyl (C=O) groups is 1. The van der Waals surface area contributed by atoms with E-state index in [1.54, 1.807) is 24.8 Å². The van der Waals surface area contributed by atoms with Crippen LogP contribution in [0.4, 0.5) is 16.4 Å². The lowest BCUT2D eigenvalue weighted by Crippen LogP contribution is -2.36. The van der Waals surface area contributed by atoms with E-state index >= 15 is 0 Å². The van der Waals surface area contributed by atoms with Crippen LogP contribution in [0, 0.1) is 0 Å². The van der Waals surface area contributed by atoms with E-state index in [0.717, 1.165) is 41.0 Å². The molecule has 33 heavy (non-hydrogen) atoms. The molecule has 3 aromatic heterocycles. The van der Waals surface area contributed by atoms with Gasteiger partial charge in [0.15, 0.2) is 0 Å². The van der Waals surface area contributed by atoms with Gasteiger partial charge in [0, 0.05) is 48.5 Å². The van der Waals surface area contributed by atoms with E-state index in [-0.39, 0.29) is 0 Å². The number of aromatic amines is 1. The summed E-state index contributed by atoms with van der Waals surface area (Å²) in [5.41, 5.74) is 5.52. The highest BCUT2D eigenvalue weighted by atomic mass is 16.4. The van der Waals surface area contributed by atoms with E-state index in [4.69, 9.17) is 5.11 Å². The predicted molar refractivity (Wildman–Crippen MR) is 124 cm³/mol. The lowest BCUT2D eigenvalue weighted by Gasteiger charge is -2.30. The molecule has 1 aliphatic rings. The van der Waals surface area contributed by atoms with Crippen LogP contribution in [0.1, 0.15) is 24.3 Å². The summed E-state index contributed by atoms with van der Waals surface area (Å²) < 4.78 is 0. The summed E-state index contributed by atoms with van der Waals surface area (Å²) in [6.07, 6.45) is 7.83. The Hall–Kier alpha value is -4.27. The zero-order valence-corrected chi connectivity index (χ0v) is 17.8. The van der Waals surface area contributed by atoms with Gasteiger partial charge in [0.25, 0.3) is 0 Å². The monoisotopic (exact) mass is 441 g/mol. The minimum absolute atomic E-state index is 0.376. The zero-order chi connectivity index (χ0) is 22.6. The van der Waals surface area contributed by atoms with E-state index < -0.39 is 6.09 Å². The molecule has 0 atom stereocenters. The van der Waals surface area contributed by atoms with Gasteiger partial charge in [0.05, 0.1) is 17.6 Å². The zero-order valence-electron chi connectivity index (χ0n) is 17.8. The van der Waals surface area contributed by atoms with Crippen molar-refractivity contribution in [1.82, 2.24) is 30.0 Å². The molecule has 1 aromatic carbocycles. The van der Waals surface area contributed by atoms with Crippen molar-refractivity contribution in [2.45, 2.75) is 18.8 Å². The first-order valence-electron chi connectivity index (χ1n) is 10.8. The van der Waals surface area contributed by atoms with Crippen molar-refractivity contribution >= 4 is 17.7 Å². The number of nitrogens with one attached hydrogen (secondary N) is 2. The summed E-state index contributed by atoms with van der Waals surface area (Å²) in [6.45, 7) is 1.16. The van der Waals surface area contributed by atoms with Crippen LogP contribution < -0.4 is 5.32 Å². The van der Waals surface area contributed by atoms with Crippen LogP contribution in [0.15, 0.2) is 67.3 Å². The molecule has 0 spiro atoms. The first-order chi connectivity index (χ1) is 16.2. The second-order valence-corrected chi connectivity index (χ2v) is 7.96. The fourth-order valence-electron chi connectivity index (χ4n) is 4.15. The average Bonchev–Trinajstić information content (AvgIpc) is 3.36. The van der Waals surface area contributed by atoms with E-state index in [0.29, 0.717) is 25.0 Å². The minimum Gasteiger partial charge on any atom is -0.465 e. The third-order valence-electron chi connectivity index (χ3n) is 5.92. The molecule has 0 saturated carbocycles. The topological polar surface area (TPSA) is 120 Å². The van der Waals surface area contributed by atoms with Crippen LogP contribution >= 0.6 is 0 Å². The first kappa shape index (κ1) is 20.6. The maximum absolute atomic E-state index is 11.1. The summed E-state index contributed by atoms with van der Waals surface area (Å²) in [5, 5.41) is 19.6. The number of hydrogen-bond acceptors (Lipinski definition) is 6. The van der Waals surface area contributed by atoms with Gasteiger partial charge in [0.1, 0.15) is 0 Å². The van der Waals surface area contributed by atoms with Gasteiger partial charge < -0.3 is 15.3 Å². The molecule has 1 amide bonds. The third kappa shape index (κ3) is 4.52. The highest BCUT2D eigenvalue weighted by Crippen LogP contribution is 2.30. The van der Waals surface area contributed by atoms with Gasteiger partial charge in [-0.25, -0.2) is 14.8 Å². The van der Waals surface area contributed by atoms with Crippen molar-refractivity contribution in [3.63, 3.8) is 0 Å². The molecule has 1 aliphatic heterocycles. The van der Waals surface area contributed by atoms with Crippen molar-refractivity contribution in [1.29, 1.82) is 0 Å². The number of anilines is 2. The summed E-state index contributed by atoms with van der Waals surface area (Å²) in [7, 11) is 0. The highest BCUT2D eigenvalue weighted by Gasteiger charge is 2.23. The van der Waals surface area contributed by atoms with Crippen LogP contribution in [0.5, 0.6) is 0 Å². The number of piperidine rings is 1. The molecule has 1 saturated heterocycles. The smallest absolute Gasteiger partial charge is 0.407 e. The van der Waals surface area contributed by atoms with Gasteiger partial charge in [0.2, 0.25) is 5.95 Å². The van der Waals surface area contributed by atoms with Crippen molar-refractivity contribution in [3.8, 4) is 22.5 Å². The van der Waals surface area contributed by atoms with E-state index in [1.165, 1.54) is 10.5 Å². The van der Waals surface area contributed by atoms with Gasteiger partial charge in [-0.1, -0.05) is 12.1 Å². The second-order valence-electron chi connectivity index (χ2n) is 7.96. The lowest BCUT2D eigenvalue weighted by molar-refractivity contribution is 0.132. The average molecular weight is 441 g/mol. The summed E-state index contributed by atoms with van der Waals surface area (Å²) in [5.74, 6) is 0.870. The number of nitrogens with zero attached hydrogens (tertiary/aromatic N) is 5. The molecule has 4 aromatic rings. The van der Waals surface area contributed by atoms with Gasteiger partial charge in [-0.15, -0.1) is 0 Å². The van der Waals surface area contributed by atoms with Gasteiger partial charge in [-0.2, -0.15) is 5.10 Å². The number of hydrogen-bond donors (Lipinski definition) is 3. The predicted octanol–water partition coefficient (Wildman–Crippen LogP) is 4.53. The van der Waals surface area contributed by atoms with Crippen molar-refractivity contribution in [3.05, 3.63) is 72.8 Å². The quantitative estimate of drug-likeness (QED) is 0.416. The Morgan fingerprint density at radius 3 is 2.61 bits per heavy atom. The molecule has 166 valence electrons. The summed E-state index contributed by atoms with van der Waals surface area (Å²) in [6, 6.07) is 13.9. The Bertz CT molecular complexity index is 1230. The normalized spacial score (nSPS) is 14.2. The third-order valence-corrected chi connectivity index (χ3v) is 5.92. The number of likely N-dealkylation sites (tertiary alicyclic amines) is 1. The number of rotatable bonds is 5. The SMILES string of the molecule is O=C(O)N1CCC(c2ccc(Nc3nccc(-c4cn[nH]c4-c4cccnc4)n3)cc2)CC1. The van der Waals surface area contributed by atoms with Crippen molar-refractivity contribution in [2.24, 2.45) is 0 Å². The Morgan fingerprint density at radius 1 is 1.06 bits per heavy atom. The molecule has 1 fully saturated rings. The van der Waals surface area contributed by atoms with Crippen molar-refractivity contribution in [2.75, 3.05) is 18.4 Å². The fourth-order valence-corrected chi connectivity index (χ4v) is 4.15. The van der Waals surface area contributed by atoms with Crippen LogP contribution in [-0.4, -0.2) is 54.3 Å². The van der Waals surface area contributed by atoms with E-state index in [2.05, 4.69) is 42.6 Å².